The number of amides is 2. The van der Waals surface area contributed by atoms with Crippen molar-refractivity contribution in [2.24, 2.45) is 0 Å². The summed E-state index contributed by atoms with van der Waals surface area (Å²) in [4.78, 5) is 28.7. The molecule has 0 aliphatic carbocycles. The van der Waals surface area contributed by atoms with Gasteiger partial charge in [-0.3, -0.25) is 9.69 Å². The summed E-state index contributed by atoms with van der Waals surface area (Å²) >= 11 is 0. The number of aliphatic carboxylic acids is 1. The van der Waals surface area contributed by atoms with E-state index in [-0.39, 0.29) is 12.6 Å². The summed E-state index contributed by atoms with van der Waals surface area (Å²) in [6.45, 7) is 6.02. The molecule has 2 N–H and O–H groups in total. The van der Waals surface area contributed by atoms with Crippen LogP contribution < -0.4 is 5.32 Å². The summed E-state index contributed by atoms with van der Waals surface area (Å²) < 4.78 is 0. The number of carboxylic acid groups (broad SMARTS) is 1. The Morgan fingerprint density at radius 3 is 2.32 bits per heavy atom. The highest BCUT2D eigenvalue weighted by atomic mass is 16.4. The van der Waals surface area contributed by atoms with Gasteiger partial charge in [0, 0.05) is 52.4 Å². The van der Waals surface area contributed by atoms with E-state index in [2.05, 4.69) is 5.32 Å². The van der Waals surface area contributed by atoms with E-state index in [9.17, 15) is 9.59 Å². The van der Waals surface area contributed by atoms with Crippen LogP contribution in [0, 0.1) is 0 Å². The minimum absolute atomic E-state index is 0.0651. The van der Waals surface area contributed by atoms with Gasteiger partial charge in [-0.25, -0.2) is 4.79 Å². The van der Waals surface area contributed by atoms with Gasteiger partial charge in [-0.05, 0) is 6.42 Å². The molecule has 2 saturated heterocycles. The zero-order valence-corrected chi connectivity index (χ0v) is 11.2. The van der Waals surface area contributed by atoms with E-state index < -0.39 is 5.97 Å². The molecule has 2 rings (SSSR count). The van der Waals surface area contributed by atoms with Crippen LogP contribution in [0.3, 0.4) is 0 Å². The maximum atomic E-state index is 12.3. The van der Waals surface area contributed by atoms with Crippen molar-refractivity contribution in [1.29, 1.82) is 0 Å². The second-order valence-corrected chi connectivity index (χ2v) is 5.03. The molecule has 7 nitrogen and oxygen atoms in total. The van der Waals surface area contributed by atoms with Crippen molar-refractivity contribution in [2.75, 3.05) is 58.9 Å². The predicted octanol–water partition coefficient (Wildman–Crippen LogP) is -0.896. The Bertz CT molecular complexity index is 331. The van der Waals surface area contributed by atoms with E-state index in [0.717, 1.165) is 45.7 Å². The van der Waals surface area contributed by atoms with E-state index in [0.29, 0.717) is 13.1 Å². The van der Waals surface area contributed by atoms with Gasteiger partial charge in [-0.15, -0.1) is 0 Å². The lowest BCUT2D eigenvalue weighted by Gasteiger charge is -2.32. The van der Waals surface area contributed by atoms with Crippen molar-refractivity contribution < 1.29 is 14.7 Å². The van der Waals surface area contributed by atoms with Crippen LogP contribution >= 0.6 is 0 Å². The number of carboxylic acids is 1. The molecule has 2 amide bonds. The van der Waals surface area contributed by atoms with E-state index >= 15 is 0 Å². The second-order valence-electron chi connectivity index (χ2n) is 5.03. The number of hydrogen-bond donors (Lipinski definition) is 2. The van der Waals surface area contributed by atoms with Crippen molar-refractivity contribution >= 4 is 12.0 Å². The van der Waals surface area contributed by atoms with Gasteiger partial charge in [-0.1, -0.05) is 0 Å². The smallest absolute Gasteiger partial charge is 0.320 e. The minimum Gasteiger partial charge on any atom is -0.480 e. The van der Waals surface area contributed by atoms with Crippen LogP contribution in [-0.2, 0) is 4.79 Å². The fourth-order valence-corrected chi connectivity index (χ4v) is 2.57. The molecule has 19 heavy (non-hydrogen) atoms. The fraction of sp³-hybridized carbons (Fsp3) is 0.833. The first-order valence-corrected chi connectivity index (χ1v) is 6.85. The van der Waals surface area contributed by atoms with Crippen molar-refractivity contribution in [3.63, 3.8) is 0 Å². The third-order valence-electron chi connectivity index (χ3n) is 3.61. The van der Waals surface area contributed by atoms with Gasteiger partial charge in [0.2, 0.25) is 0 Å². The second kappa shape index (κ2) is 6.72. The standard InChI is InChI=1S/C12H22N4O3/c17-11(18)10-14-4-1-5-15(9-8-14)12(19)16-6-2-13-3-7-16/h13H,1-10H2,(H,17,18). The van der Waals surface area contributed by atoms with Crippen LogP contribution in [0.5, 0.6) is 0 Å². The highest BCUT2D eigenvalue weighted by Gasteiger charge is 2.24. The molecule has 0 radical (unpaired) electrons. The van der Waals surface area contributed by atoms with Crippen LogP contribution in [0.15, 0.2) is 0 Å². The molecule has 0 saturated carbocycles. The molecular formula is C12H22N4O3. The molecule has 7 heteroatoms. The lowest BCUT2D eigenvalue weighted by atomic mass is 10.3. The SMILES string of the molecule is O=C(O)CN1CCCN(C(=O)N2CCNCC2)CC1. The first-order valence-electron chi connectivity index (χ1n) is 6.85. The molecular weight excluding hydrogens is 248 g/mol. The number of carbonyl (C=O) groups excluding carboxylic acids is 1. The van der Waals surface area contributed by atoms with Crippen LogP contribution in [0.1, 0.15) is 6.42 Å². The Kier molecular flexibility index (Phi) is 4.98. The lowest BCUT2D eigenvalue weighted by Crippen LogP contribution is -2.52. The molecule has 2 aliphatic rings. The molecule has 0 aromatic rings. The monoisotopic (exact) mass is 270 g/mol. The van der Waals surface area contributed by atoms with Crippen LogP contribution in [0.4, 0.5) is 4.79 Å². The average Bonchev–Trinajstić information content (AvgIpc) is 2.64. The normalized spacial score (nSPS) is 22.1. The summed E-state index contributed by atoms with van der Waals surface area (Å²) in [5.74, 6) is -0.804. The average molecular weight is 270 g/mol. The molecule has 2 heterocycles. The lowest BCUT2D eigenvalue weighted by molar-refractivity contribution is -0.138. The Morgan fingerprint density at radius 1 is 0.947 bits per heavy atom. The highest BCUT2D eigenvalue weighted by Crippen LogP contribution is 2.07. The number of carbonyl (C=O) groups is 2. The molecule has 2 aliphatic heterocycles. The quantitative estimate of drug-likeness (QED) is 0.680. The topological polar surface area (TPSA) is 76.1 Å². The Balaban J connectivity index is 1.84. The zero-order valence-electron chi connectivity index (χ0n) is 11.2. The van der Waals surface area contributed by atoms with E-state index in [4.69, 9.17) is 5.11 Å². The van der Waals surface area contributed by atoms with Crippen LogP contribution in [0.2, 0.25) is 0 Å². The van der Waals surface area contributed by atoms with Gasteiger partial charge in [0.15, 0.2) is 0 Å². The van der Waals surface area contributed by atoms with Gasteiger partial charge in [0.25, 0.3) is 0 Å². The van der Waals surface area contributed by atoms with E-state index in [1.165, 1.54) is 0 Å². The third kappa shape index (κ3) is 4.07. The van der Waals surface area contributed by atoms with E-state index in [1.807, 2.05) is 14.7 Å². The summed E-state index contributed by atoms with van der Waals surface area (Å²) in [5.41, 5.74) is 0. The molecule has 0 bridgehead atoms. The first kappa shape index (κ1) is 14.1. The highest BCUT2D eigenvalue weighted by molar-refractivity contribution is 5.74. The minimum atomic E-state index is -0.804. The summed E-state index contributed by atoms with van der Waals surface area (Å²) in [6.07, 6.45) is 0.838. The van der Waals surface area contributed by atoms with Crippen molar-refractivity contribution in [3.8, 4) is 0 Å². The van der Waals surface area contributed by atoms with Crippen LogP contribution in [-0.4, -0.2) is 90.7 Å². The number of hydrogen-bond acceptors (Lipinski definition) is 4. The Morgan fingerprint density at radius 2 is 1.63 bits per heavy atom. The van der Waals surface area contributed by atoms with Crippen molar-refractivity contribution in [2.45, 2.75) is 6.42 Å². The number of piperazine rings is 1. The zero-order chi connectivity index (χ0) is 13.7. The van der Waals surface area contributed by atoms with Gasteiger partial charge in [0.1, 0.15) is 0 Å². The maximum Gasteiger partial charge on any atom is 0.320 e. The molecule has 108 valence electrons. The summed E-state index contributed by atoms with van der Waals surface area (Å²) in [6, 6.07) is 0.0960. The third-order valence-corrected chi connectivity index (χ3v) is 3.61. The van der Waals surface area contributed by atoms with Gasteiger partial charge >= 0.3 is 12.0 Å². The van der Waals surface area contributed by atoms with E-state index in [1.54, 1.807) is 0 Å². The number of urea groups is 1. The molecule has 0 spiro atoms. The largest absolute Gasteiger partial charge is 0.480 e. The van der Waals surface area contributed by atoms with Crippen molar-refractivity contribution in [1.82, 2.24) is 20.0 Å². The summed E-state index contributed by atoms with van der Waals surface area (Å²) in [7, 11) is 0. The molecule has 0 unspecified atom stereocenters. The van der Waals surface area contributed by atoms with Crippen molar-refractivity contribution in [3.05, 3.63) is 0 Å². The Hall–Kier alpha value is -1.34. The number of nitrogens with zero attached hydrogens (tertiary/aromatic N) is 3. The molecule has 0 aromatic carbocycles. The predicted molar refractivity (Wildman–Crippen MR) is 70.1 cm³/mol. The molecule has 0 aromatic heterocycles. The summed E-state index contributed by atoms with van der Waals surface area (Å²) in [5, 5.41) is 12.0. The number of rotatable bonds is 2. The fourth-order valence-electron chi connectivity index (χ4n) is 2.57. The van der Waals surface area contributed by atoms with Gasteiger partial charge in [-0.2, -0.15) is 0 Å². The van der Waals surface area contributed by atoms with Gasteiger partial charge < -0.3 is 20.2 Å². The van der Waals surface area contributed by atoms with Crippen LogP contribution in [0.25, 0.3) is 0 Å². The molecule has 0 atom stereocenters. The number of nitrogens with one attached hydrogen (secondary N) is 1. The Labute approximate surface area is 113 Å². The van der Waals surface area contributed by atoms with Gasteiger partial charge in [0.05, 0.1) is 6.54 Å². The maximum absolute atomic E-state index is 12.3. The molecule has 2 fully saturated rings. The first-order chi connectivity index (χ1) is 9.16.